The summed E-state index contributed by atoms with van der Waals surface area (Å²) in [6, 6.07) is 5.40. The third-order valence-electron chi connectivity index (χ3n) is 2.73. The first-order chi connectivity index (χ1) is 8.70. The number of nitrogens with one attached hydrogen (secondary N) is 1. The standard InChI is InChI=1S/C13H18N2O3/c1-17-6-7-18-12-8-9(2-5-11(12)14)13(16)15-10-3-4-10/h2,5,8,10H,3-4,6-7,14H2,1H3,(H,15,16). The van der Waals surface area contributed by atoms with Crippen LogP contribution >= 0.6 is 0 Å². The van der Waals surface area contributed by atoms with Gasteiger partial charge in [-0.25, -0.2) is 0 Å². The van der Waals surface area contributed by atoms with Crippen LogP contribution in [0.2, 0.25) is 0 Å². The molecule has 5 nitrogen and oxygen atoms in total. The predicted octanol–water partition coefficient (Wildman–Crippen LogP) is 1.19. The lowest BCUT2D eigenvalue weighted by molar-refractivity contribution is 0.0950. The molecule has 0 bridgehead atoms. The summed E-state index contributed by atoms with van der Waals surface area (Å²) in [5.41, 5.74) is 6.88. The quantitative estimate of drug-likeness (QED) is 0.587. The van der Waals surface area contributed by atoms with Crippen LogP contribution < -0.4 is 15.8 Å². The monoisotopic (exact) mass is 250 g/mol. The van der Waals surface area contributed by atoms with Crippen molar-refractivity contribution in [3.8, 4) is 5.75 Å². The van der Waals surface area contributed by atoms with Gasteiger partial charge in [-0.15, -0.1) is 0 Å². The van der Waals surface area contributed by atoms with E-state index in [1.54, 1.807) is 25.3 Å². The molecule has 1 aliphatic carbocycles. The van der Waals surface area contributed by atoms with Gasteiger partial charge in [0, 0.05) is 18.7 Å². The highest BCUT2D eigenvalue weighted by Gasteiger charge is 2.24. The summed E-state index contributed by atoms with van der Waals surface area (Å²) in [6.07, 6.45) is 2.13. The van der Waals surface area contributed by atoms with E-state index < -0.39 is 0 Å². The molecular weight excluding hydrogens is 232 g/mol. The highest BCUT2D eigenvalue weighted by Crippen LogP contribution is 2.24. The lowest BCUT2D eigenvalue weighted by atomic mass is 10.2. The molecule has 0 unspecified atom stereocenters. The molecule has 0 atom stereocenters. The fourth-order valence-electron chi connectivity index (χ4n) is 1.53. The smallest absolute Gasteiger partial charge is 0.251 e. The largest absolute Gasteiger partial charge is 0.489 e. The van der Waals surface area contributed by atoms with Crippen LogP contribution in [0.3, 0.4) is 0 Å². The summed E-state index contributed by atoms with van der Waals surface area (Å²) in [5.74, 6) is 0.449. The van der Waals surface area contributed by atoms with Crippen molar-refractivity contribution in [2.24, 2.45) is 0 Å². The number of nitrogen functional groups attached to an aromatic ring is 1. The number of amides is 1. The Hall–Kier alpha value is -1.75. The molecule has 0 aromatic heterocycles. The minimum atomic E-state index is -0.0749. The Balaban J connectivity index is 2.01. The maximum absolute atomic E-state index is 11.9. The molecule has 1 aromatic carbocycles. The zero-order valence-electron chi connectivity index (χ0n) is 10.4. The fourth-order valence-corrected chi connectivity index (χ4v) is 1.53. The van der Waals surface area contributed by atoms with Crippen molar-refractivity contribution in [2.75, 3.05) is 26.1 Å². The molecule has 2 rings (SSSR count). The topological polar surface area (TPSA) is 73.6 Å². The summed E-state index contributed by atoms with van der Waals surface area (Å²) < 4.78 is 10.4. The first kappa shape index (κ1) is 12.7. The second-order valence-corrected chi connectivity index (χ2v) is 4.34. The first-order valence-corrected chi connectivity index (χ1v) is 6.03. The Labute approximate surface area is 106 Å². The van der Waals surface area contributed by atoms with Gasteiger partial charge in [-0.05, 0) is 31.0 Å². The average Bonchev–Trinajstić information content (AvgIpc) is 3.15. The fraction of sp³-hybridized carbons (Fsp3) is 0.462. The number of methoxy groups -OCH3 is 1. The molecule has 0 aliphatic heterocycles. The van der Waals surface area contributed by atoms with E-state index in [1.807, 2.05) is 0 Å². The van der Waals surface area contributed by atoms with Crippen molar-refractivity contribution in [3.63, 3.8) is 0 Å². The van der Waals surface area contributed by atoms with E-state index in [4.69, 9.17) is 15.2 Å². The van der Waals surface area contributed by atoms with Gasteiger partial charge in [0.25, 0.3) is 5.91 Å². The molecule has 0 heterocycles. The summed E-state index contributed by atoms with van der Waals surface area (Å²) >= 11 is 0. The highest BCUT2D eigenvalue weighted by atomic mass is 16.5. The third kappa shape index (κ3) is 3.37. The van der Waals surface area contributed by atoms with E-state index in [0.29, 0.717) is 36.3 Å². The maximum Gasteiger partial charge on any atom is 0.251 e. The van der Waals surface area contributed by atoms with Crippen molar-refractivity contribution in [3.05, 3.63) is 23.8 Å². The van der Waals surface area contributed by atoms with Crippen LogP contribution in [0.25, 0.3) is 0 Å². The summed E-state index contributed by atoms with van der Waals surface area (Å²) in [6.45, 7) is 0.895. The van der Waals surface area contributed by atoms with E-state index >= 15 is 0 Å². The van der Waals surface area contributed by atoms with Gasteiger partial charge in [-0.1, -0.05) is 0 Å². The molecule has 1 saturated carbocycles. The second-order valence-electron chi connectivity index (χ2n) is 4.34. The van der Waals surface area contributed by atoms with Gasteiger partial charge in [0.1, 0.15) is 12.4 Å². The molecular formula is C13H18N2O3. The number of hydrogen-bond acceptors (Lipinski definition) is 4. The van der Waals surface area contributed by atoms with Gasteiger partial charge in [0.05, 0.1) is 12.3 Å². The van der Waals surface area contributed by atoms with Crippen molar-refractivity contribution in [1.82, 2.24) is 5.32 Å². The van der Waals surface area contributed by atoms with Crippen molar-refractivity contribution in [2.45, 2.75) is 18.9 Å². The van der Waals surface area contributed by atoms with E-state index in [0.717, 1.165) is 12.8 Å². The van der Waals surface area contributed by atoms with E-state index in [-0.39, 0.29) is 5.91 Å². The van der Waals surface area contributed by atoms with Gasteiger partial charge in [-0.2, -0.15) is 0 Å². The first-order valence-electron chi connectivity index (χ1n) is 6.03. The van der Waals surface area contributed by atoms with Gasteiger partial charge in [-0.3, -0.25) is 4.79 Å². The normalized spacial score (nSPS) is 14.3. The van der Waals surface area contributed by atoms with Crippen LogP contribution in [0.15, 0.2) is 18.2 Å². The Morgan fingerprint density at radius 3 is 2.89 bits per heavy atom. The van der Waals surface area contributed by atoms with E-state index in [2.05, 4.69) is 5.32 Å². The lowest BCUT2D eigenvalue weighted by Crippen LogP contribution is -2.25. The molecule has 1 amide bonds. The van der Waals surface area contributed by atoms with Crippen LogP contribution in [-0.4, -0.2) is 32.3 Å². The summed E-state index contributed by atoms with van der Waals surface area (Å²) in [5, 5.41) is 2.92. The van der Waals surface area contributed by atoms with Gasteiger partial charge in [0.2, 0.25) is 0 Å². The molecule has 0 radical (unpaired) electrons. The summed E-state index contributed by atoms with van der Waals surface area (Å²) in [4.78, 5) is 11.9. The number of carbonyl (C=O) groups excluding carboxylic acids is 1. The Morgan fingerprint density at radius 2 is 2.22 bits per heavy atom. The van der Waals surface area contributed by atoms with Crippen molar-refractivity contribution < 1.29 is 14.3 Å². The maximum atomic E-state index is 11.9. The van der Waals surface area contributed by atoms with E-state index in [9.17, 15) is 4.79 Å². The minimum absolute atomic E-state index is 0.0749. The SMILES string of the molecule is COCCOc1cc(C(=O)NC2CC2)ccc1N. The average molecular weight is 250 g/mol. The van der Waals surface area contributed by atoms with Crippen molar-refractivity contribution in [1.29, 1.82) is 0 Å². The Kier molecular flexibility index (Phi) is 4.04. The van der Waals surface area contributed by atoms with Crippen LogP contribution in [0.4, 0.5) is 5.69 Å². The molecule has 1 aliphatic rings. The number of carbonyl (C=O) groups is 1. The number of rotatable bonds is 6. The molecule has 1 aromatic rings. The molecule has 5 heteroatoms. The Morgan fingerprint density at radius 1 is 1.44 bits per heavy atom. The molecule has 98 valence electrons. The Bertz CT molecular complexity index is 430. The molecule has 3 N–H and O–H groups in total. The summed E-state index contributed by atoms with van der Waals surface area (Å²) in [7, 11) is 1.60. The number of anilines is 1. The van der Waals surface area contributed by atoms with Crippen molar-refractivity contribution >= 4 is 11.6 Å². The molecule has 1 fully saturated rings. The molecule has 18 heavy (non-hydrogen) atoms. The minimum Gasteiger partial charge on any atom is -0.489 e. The molecule has 0 spiro atoms. The number of benzene rings is 1. The third-order valence-corrected chi connectivity index (χ3v) is 2.73. The van der Waals surface area contributed by atoms with Gasteiger partial charge in [0.15, 0.2) is 0 Å². The van der Waals surface area contributed by atoms with Crippen LogP contribution in [-0.2, 0) is 4.74 Å². The second kappa shape index (κ2) is 5.73. The number of ether oxygens (including phenoxy) is 2. The molecule has 0 saturated heterocycles. The van der Waals surface area contributed by atoms with Crippen LogP contribution in [0, 0.1) is 0 Å². The van der Waals surface area contributed by atoms with Gasteiger partial charge >= 0.3 is 0 Å². The highest BCUT2D eigenvalue weighted by molar-refractivity contribution is 5.95. The number of nitrogens with two attached hydrogens (primary N) is 1. The van der Waals surface area contributed by atoms with Crippen LogP contribution in [0.5, 0.6) is 5.75 Å². The van der Waals surface area contributed by atoms with Gasteiger partial charge < -0.3 is 20.5 Å². The van der Waals surface area contributed by atoms with Crippen LogP contribution in [0.1, 0.15) is 23.2 Å². The predicted molar refractivity (Wildman–Crippen MR) is 68.7 cm³/mol. The number of hydrogen-bond donors (Lipinski definition) is 2. The zero-order chi connectivity index (χ0) is 13.0. The van der Waals surface area contributed by atoms with E-state index in [1.165, 1.54) is 0 Å². The zero-order valence-corrected chi connectivity index (χ0v) is 10.4. The lowest BCUT2D eigenvalue weighted by Gasteiger charge is -2.10.